The van der Waals surface area contributed by atoms with Crippen LogP contribution in [-0.2, 0) is 4.79 Å². The maximum Gasteiger partial charge on any atom is 0.322 e. The third kappa shape index (κ3) is 2.59. The minimum Gasteiger partial charge on any atom is -0.480 e. The lowest BCUT2D eigenvalue weighted by atomic mass is 10.2. The van der Waals surface area contributed by atoms with E-state index in [1.54, 1.807) is 0 Å². The molecule has 0 aromatic heterocycles. The number of aliphatic carboxylic acids is 1. The fourth-order valence-electron chi connectivity index (χ4n) is 1.58. The maximum absolute atomic E-state index is 10.8. The van der Waals surface area contributed by atoms with Crippen molar-refractivity contribution in [1.29, 1.82) is 0 Å². The molecule has 0 saturated carbocycles. The minimum atomic E-state index is -0.804. The van der Waals surface area contributed by atoms with Gasteiger partial charge in [0.15, 0.2) is 0 Å². The van der Waals surface area contributed by atoms with Gasteiger partial charge in [-0.05, 0) is 6.92 Å². The van der Waals surface area contributed by atoms with E-state index in [-0.39, 0.29) is 6.54 Å². The first kappa shape index (κ1) is 10.8. The van der Waals surface area contributed by atoms with Crippen LogP contribution in [-0.4, -0.2) is 52.7 Å². The topological polar surface area (TPSA) is 66.6 Å². The van der Waals surface area contributed by atoms with E-state index in [9.17, 15) is 4.79 Å². The third-order valence-corrected chi connectivity index (χ3v) is 3.52. The summed E-state index contributed by atoms with van der Waals surface area (Å²) in [6.07, 6.45) is 0. The van der Waals surface area contributed by atoms with Crippen LogP contribution in [0.2, 0.25) is 0 Å². The number of thioether (sulfide) groups is 1. The lowest BCUT2D eigenvalue weighted by molar-refractivity contribution is -0.143. The van der Waals surface area contributed by atoms with Crippen LogP contribution in [0.4, 0.5) is 0 Å². The number of hydrogen-bond donors (Lipinski definition) is 2. The highest BCUT2D eigenvalue weighted by Gasteiger charge is 2.29. The number of nitrogens with two attached hydrogens (primary N) is 1. The van der Waals surface area contributed by atoms with E-state index in [4.69, 9.17) is 10.8 Å². The Morgan fingerprint density at radius 1 is 1.85 bits per heavy atom. The second-order valence-electron chi connectivity index (χ2n) is 3.25. The molecule has 0 bridgehead atoms. The predicted molar refractivity (Wildman–Crippen MR) is 54.0 cm³/mol. The highest BCUT2D eigenvalue weighted by molar-refractivity contribution is 7.99. The molecule has 1 saturated heterocycles. The number of nitrogens with zero attached hydrogens (tertiary/aromatic N) is 1. The van der Waals surface area contributed by atoms with Crippen LogP contribution < -0.4 is 5.73 Å². The van der Waals surface area contributed by atoms with Crippen LogP contribution in [0, 0.1) is 0 Å². The van der Waals surface area contributed by atoms with Crippen molar-refractivity contribution in [1.82, 2.24) is 4.90 Å². The van der Waals surface area contributed by atoms with E-state index in [1.165, 1.54) is 0 Å². The average Bonchev–Trinajstić information content (AvgIpc) is 2.09. The van der Waals surface area contributed by atoms with Gasteiger partial charge in [-0.2, -0.15) is 11.8 Å². The van der Waals surface area contributed by atoms with Gasteiger partial charge in [0.25, 0.3) is 0 Å². The number of carboxylic acid groups (broad SMARTS) is 1. The van der Waals surface area contributed by atoms with E-state index < -0.39 is 12.0 Å². The maximum atomic E-state index is 10.8. The molecular weight excluding hydrogens is 188 g/mol. The monoisotopic (exact) mass is 204 g/mol. The van der Waals surface area contributed by atoms with Crippen LogP contribution in [0.25, 0.3) is 0 Å². The van der Waals surface area contributed by atoms with Gasteiger partial charge in [0, 0.05) is 30.6 Å². The standard InChI is InChI=1S/C8H16N2O2S/c1-6-5-13-3-2-10(6)7(4-9)8(11)12/h6-7H,2-5,9H2,1H3,(H,11,12). The molecule has 2 atom stereocenters. The quantitative estimate of drug-likeness (QED) is 0.668. The van der Waals surface area contributed by atoms with E-state index >= 15 is 0 Å². The smallest absolute Gasteiger partial charge is 0.322 e. The van der Waals surface area contributed by atoms with Gasteiger partial charge in [0.2, 0.25) is 0 Å². The summed E-state index contributed by atoms with van der Waals surface area (Å²) in [6, 6.07) is -0.181. The Hall–Kier alpha value is -0.260. The second-order valence-corrected chi connectivity index (χ2v) is 4.40. The minimum absolute atomic E-state index is 0.199. The molecule has 1 aliphatic rings. The van der Waals surface area contributed by atoms with Gasteiger partial charge in [-0.1, -0.05) is 0 Å². The summed E-state index contributed by atoms with van der Waals surface area (Å²) in [4.78, 5) is 12.8. The van der Waals surface area contributed by atoms with Gasteiger partial charge in [-0.15, -0.1) is 0 Å². The van der Waals surface area contributed by atoms with Gasteiger partial charge in [-0.3, -0.25) is 9.69 Å². The number of carbonyl (C=O) groups is 1. The van der Waals surface area contributed by atoms with Gasteiger partial charge in [0.05, 0.1) is 0 Å². The van der Waals surface area contributed by atoms with Gasteiger partial charge < -0.3 is 10.8 Å². The molecule has 0 amide bonds. The van der Waals surface area contributed by atoms with E-state index in [1.807, 2.05) is 16.7 Å². The number of hydrogen-bond acceptors (Lipinski definition) is 4. The zero-order valence-electron chi connectivity index (χ0n) is 7.77. The number of carboxylic acids is 1. The highest BCUT2D eigenvalue weighted by Crippen LogP contribution is 2.18. The molecule has 0 spiro atoms. The van der Waals surface area contributed by atoms with Crippen molar-refractivity contribution in [3.05, 3.63) is 0 Å². The molecule has 4 nitrogen and oxygen atoms in total. The molecule has 0 aromatic rings. The molecule has 76 valence electrons. The van der Waals surface area contributed by atoms with Crippen molar-refractivity contribution < 1.29 is 9.90 Å². The summed E-state index contributed by atoms with van der Waals surface area (Å²) in [5.41, 5.74) is 5.44. The van der Waals surface area contributed by atoms with Crippen molar-refractivity contribution in [3.8, 4) is 0 Å². The largest absolute Gasteiger partial charge is 0.480 e. The van der Waals surface area contributed by atoms with Crippen molar-refractivity contribution >= 4 is 17.7 Å². The Morgan fingerprint density at radius 2 is 2.54 bits per heavy atom. The highest BCUT2D eigenvalue weighted by atomic mass is 32.2. The fourth-order valence-corrected chi connectivity index (χ4v) is 2.62. The van der Waals surface area contributed by atoms with Gasteiger partial charge in [-0.25, -0.2) is 0 Å². The Kier molecular flexibility index (Phi) is 4.02. The Labute approximate surface area is 82.5 Å². The predicted octanol–water partition coefficient (Wildman–Crippen LogP) is -0.164. The molecule has 0 radical (unpaired) electrons. The van der Waals surface area contributed by atoms with E-state index in [0.717, 1.165) is 18.1 Å². The van der Waals surface area contributed by atoms with Crippen LogP contribution in [0.5, 0.6) is 0 Å². The first-order valence-electron chi connectivity index (χ1n) is 4.43. The molecule has 1 heterocycles. The van der Waals surface area contributed by atoms with Gasteiger partial charge >= 0.3 is 5.97 Å². The van der Waals surface area contributed by atoms with Crippen molar-refractivity contribution in [2.75, 3.05) is 24.6 Å². The lowest BCUT2D eigenvalue weighted by Crippen LogP contribution is -2.53. The SMILES string of the molecule is CC1CSCCN1C(CN)C(=O)O. The zero-order valence-corrected chi connectivity index (χ0v) is 8.59. The summed E-state index contributed by atoms with van der Waals surface area (Å²) >= 11 is 1.87. The molecular formula is C8H16N2O2S. The zero-order chi connectivity index (χ0) is 9.84. The molecule has 0 aromatic carbocycles. The molecule has 1 rings (SSSR count). The summed E-state index contributed by atoms with van der Waals surface area (Å²) in [6.45, 7) is 3.09. The summed E-state index contributed by atoms with van der Waals surface area (Å²) in [5.74, 6) is 1.21. The Bertz CT molecular complexity index is 189. The van der Waals surface area contributed by atoms with Crippen LogP contribution in [0.1, 0.15) is 6.92 Å². The third-order valence-electron chi connectivity index (χ3n) is 2.33. The van der Waals surface area contributed by atoms with Gasteiger partial charge in [0.1, 0.15) is 6.04 Å². The first-order valence-corrected chi connectivity index (χ1v) is 5.58. The molecule has 0 aliphatic carbocycles. The molecule has 1 fully saturated rings. The summed E-state index contributed by atoms with van der Waals surface area (Å²) < 4.78 is 0. The molecule has 13 heavy (non-hydrogen) atoms. The number of rotatable bonds is 3. The molecule has 1 aliphatic heterocycles. The normalized spacial score (nSPS) is 27.1. The Morgan fingerprint density at radius 3 is 3.00 bits per heavy atom. The fraction of sp³-hybridized carbons (Fsp3) is 0.875. The molecule has 5 heteroatoms. The summed E-state index contributed by atoms with van der Waals surface area (Å²) in [5, 5.41) is 8.91. The van der Waals surface area contributed by atoms with Crippen molar-refractivity contribution in [2.24, 2.45) is 5.73 Å². The molecule has 3 N–H and O–H groups in total. The van der Waals surface area contributed by atoms with Crippen LogP contribution >= 0.6 is 11.8 Å². The van der Waals surface area contributed by atoms with E-state index in [0.29, 0.717) is 6.04 Å². The average molecular weight is 204 g/mol. The van der Waals surface area contributed by atoms with Crippen LogP contribution in [0.15, 0.2) is 0 Å². The van der Waals surface area contributed by atoms with Crippen molar-refractivity contribution in [3.63, 3.8) is 0 Å². The van der Waals surface area contributed by atoms with E-state index in [2.05, 4.69) is 6.92 Å². The summed E-state index contributed by atoms with van der Waals surface area (Å²) in [7, 11) is 0. The second kappa shape index (κ2) is 4.83. The first-order chi connectivity index (χ1) is 6.16. The molecule has 2 unspecified atom stereocenters. The lowest BCUT2D eigenvalue weighted by Gasteiger charge is -2.36. The Balaban J connectivity index is 2.60. The van der Waals surface area contributed by atoms with Crippen molar-refractivity contribution in [2.45, 2.75) is 19.0 Å². The van der Waals surface area contributed by atoms with Crippen LogP contribution in [0.3, 0.4) is 0 Å².